The third-order valence-corrected chi connectivity index (χ3v) is 5.29. The molecular weight excluding hydrogens is 535 g/mol. The molecule has 0 aliphatic rings. The van der Waals surface area contributed by atoms with E-state index >= 15 is 0 Å². The van der Waals surface area contributed by atoms with Gasteiger partial charge in [0.25, 0.3) is 7.82 Å². The first-order valence-electron chi connectivity index (χ1n) is 12.1. The van der Waals surface area contributed by atoms with E-state index in [-0.39, 0.29) is 25.6 Å². The Labute approximate surface area is 233 Å². The molecule has 0 aliphatic heterocycles. The molecule has 0 N–H and O–H groups in total. The van der Waals surface area contributed by atoms with Gasteiger partial charge >= 0.3 is 0 Å². The van der Waals surface area contributed by atoms with Crippen molar-refractivity contribution in [3.63, 3.8) is 0 Å². The molecule has 38 heavy (non-hydrogen) atoms. The summed E-state index contributed by atoms with van der Waals surface area (Å²) in [5.74, 6) is -1.08. The Morgan fingerprint density at radius 3 is 1.08 bits per heavy atom. The number of nitrogens with zero attached hydrogens (tertiary/aromatic N) is 6. The van der Waals surface area contributed by atoms with Gasteiger partial charge in [-0.25, -0.2) is 27.4 Å². The van der Waals surface area contributed by atoms with Gasteiger partial charge in [-0.3, -0.25) is 4.57 Å². The smallest absolute Gasteiger partial charge is 0.267 e. The van der Waals surface area contributed by atoms with Crippen LogP contribution in [0.25, 0.3) is 0 Å². The van der Waals surface area contributed by atoms with Crippen LogP contribution in [0.2, 0.25) is 0 Å². The van der Waals surface area contributed by atoms with Gasteiger partial charge in [-0.05, 0) is 41.5 Å². The number of carboxylic acid groups (broad SMARTS) is 1. The Morgan fingerprint density at radius 1 is 0.737 bits per heavy atom. The van der Waals surface area contributed by atoms with Gasteiger partial charge in [0.1, 0.15) is 37.2 Å². The first-order chi connectivity index (χ1) is 17.3. The monoisotopic (exact) mass is 580 g/mol. The topological polar surface area (TPSA) is 125 Å². The lowest BCUT2D eigenvalue weighted by molar-refractivity contribution is -0.671. The van der Waals surface area contributed by atoms with Crippen LogP contribution in [0.3, 0.4) is 0 Å². The van der Waals surface area contributed by atoms with Gasteiger partial charge in [0.05, 0.1) is 54.0 Å². The van der Waals surface area contributed by atoms with Crippen LogP contribution in [0.1, 0.15) is 41.5 Å². The molecule has 0 aliphatic carbocycles. The number of rotatable bonds is 7. The molecule has 3 heterocycles. The van der Waals surface area contributed by atoms with Gasteiger partial charge in [-0.15, -0.1) is 0 Å². The first-order valence-corrected chi connectivity index (χ1v) is 13.6. The quantitative estimate of drug-likeness (QED) is 0.221. The molecule has 0 saturated heterocycles. The van der Waals surface area contributed by atoms with E-state index in [4.69, 9.17) is 9.90 Å². The van der Waals surface area contributed by atoms with E-state index in [0.29, 0.717) is 0 Å². The summed E-state index contributed by atoms with van der Waals surface area (Å²) < 4.78 is 31.4. The predicted molar refractivity (Wildman–Crippen MR) is 135 cm³/mol. The van der Waals surface area contributed by atoms with E-state index in [1.54, 1.807) is 13.8 Å². The summed E-state index contributed by atoms with van der Waals surface area (Å²) in [5, 5.41) is 8.89. The number of hydrogen-bond acceptors (Lipinski definition) is 6. The van der Waals surface area contributed by atoms with Gasteiger partial charge in [-0.2, -0.15) is 0 Å². The van der Waals surface area contributed by atoms with Crippen LogP contribution in [0.5, 0.6) is 0 Å². The maximum Gasteiger partial charge on any atom is 0.267 e. The number of phosphoric ester groups is 1. The zero-order valence-electron chi connectivity index (χ0n) is 24.2. The summed E-state index contributed by atoms with van der Waals surface area (Å²) >= 11 is 0. The molecule has 0 spiro atoms. The highest BCUT2D eigenvalue weighted by Crippen LogP contribution is 2.37. The lowest BCUT2D eigenvalue weighted by atomic mass is 10.7. The van der Waals surface area contributed by atoms with Crippen LogP contribution in [-0.2, 0) is 59.2 Å². The molecular formula is C24H46ClN6O6P. The Morgan fingerprint density at radius 2 is 0.974 bits per heavy atom. The number of halogens is 1. The number of aromatic nitrogens is 6. The first kappa shape index (κ1) is 40.0. The van der Waals surface area contributed by atoms with Crippen LogP contribution in [0, 0.1) is 0 Å². The fourth-order valence-electron chi connectivity index (χ4n) is 2.42. The summed E-state index contributed by atoms with van der Waals surface area (Å²) in [4.78, 5) is 19.3. The van der Waals surface area contributed by atoms with Crippen molar-refractivity contribution in [2.24, 2.45) is 21.1 Å². The second-order valence-electron chi connectivity index (χ2n) is 7.50. The molecule has 12 nitrogen and oxygen atoms in total. The Bertz CT molecular complexity index is 914. The number of aryl methyl sites for hydroxylation is 6. The maximum absolute atomic E-state index is 10.4. The number of imidazole rings is 3. The molecule has 0 bridgehead atoms. The highest BCUT2D eigenvalue weighted by molar-refractivity contribution is 7.45. The highest BCUT2D eigenvalue weighted by Gasteiger charge is 2.04. The molecule has 0 amide bonds. The van der Waals surface area contributed by atoms with E-state index in [9.17, 15) is 9.46 Å². The summed E-state index contributed by atoms with van der Waals surface area (Å²) in [5.41, 5.74) is 0. The molecule has 0 fully saturated rings. The van der Waals surface area contributed by atoms with Crippen molar-refractivity contribution < 1.29 is 54.5 Å². The van der Waals surface area contributed by atoms with Crippen molar-refractivity contribution in [3.05, 3.63) is 56.2 Å². The minimum atomic E-state index is -3.94. The second kappa shape index (κ2) is 23.6. The summed E-state index contributed by atoms with van der Waals surface area (Å²) in [6.07, 6.45) is 18.4. The van der Waals surface area contributed by atoms with Gasteiger partial charge in [0.2, 0.25) is 19.0 Å². The number of carbonyl (C=O) groups excluding carboxylic acids is 1. The van der Waals surface area contributed by atoms with Crippen molar-refractivity contribution in [2.45, 2.75) is 61.2 Å². The minimum Gasteiger partial charge on any atom is -1.00 e. The van der Waals surface area contributed by atoms with E-state index < -0.39 is 13.8 Å². The van der Waals surface area contributed by atoms with Crippen molar-refractivity contribution in [1.82, 2.24) is 13.7 Å². The summed E-state index contributed by atoms with van der Waals surface area (Å²) in [7, 11) is 2.12. The third-order valence-electron chi connectivity index (χ3n) is 4.14. The Kier molecular flexibility index (Phi) is 24.8. The lowest BCUT2D eigenvalue weighted by Gasteiger charge is -2.20. The van der Waals surface area contributed by atoms with Crippen molar-refractivity contribution >= 4 is 13.8 Å². The lowest BCUT2D eigenvalue weighted by Crippen LogP contribution is -3.00. The fraction of sp³-hybridized carbons (Fsp3) is 0.583. The summed E-state index contributed by atoms with van der Waals surface area (Å²) in [6, 6.07) is 0. The van der Waals surface area contributed by atoms with Crippen molar-refractivity contribution in [1.29, 1.82) is 0 Å². The predicted octanol–water partition coefficient (Wildman–Crippen LogP) is -2.71. The molecule has 0 atom stereocenters. The van der Waals surface area contributed by atoms with Gasteiger partial charge in [-0.1, -0.05) is 0 Å². The standard InChI is InChI=1S/3C6H11N2.C4H11O4P.C2H4O2.ClH/c3*1-3-8-5-4-7(2)6-8;1-3-7-9(5,6)8-4-2;1-2(3)4;/h3*4-6H,3H2,1-2H3;3-4H2,1-2H3,(H,5,6);1H3,(H,3,4);1H/q3*+1;;;/p-3. The van der Waals surface area contributed by atoms with Crippen molar-refractivity contribution in [2.75, 3.05) is 13.2 Å². The van der Waals surface area contributed by atoms with E-state index in [1.807, 2.05) is 53.4 Å². The van der Waals surface area contributed by atoms with Crippen LogP contribution >= 0.6 is 7.82 Å². The number of carboxylic acids is 1. The minimum absolute atomic E-state index is 0. The van der Waals surface area contributed by atoms with Crippen molar-refractivity contribution in [3.8, 4) is 0 Å². The molecule has 3 rings (SSSR count). The van der Waals surface area contributed by atoms with Crippen LogP contribution in [0.15, 0.2) is 56.2 Å². The van der Waals surface area contributed by atoms with E-state index in [1.165, 1.54) is 0 Å². The molecule has 14 heteroatoms. The normalized spacial score (nSPS) is 9.63. The zero-order chi connectivity index (χ0) is 28.9. The summed E-state index contributed by atoms with van der Waals surface area (Å²) in [6.45, 7) is 13.9. The Hall–Kier alpha value is -2.50. The number of carbonyl (C=O) groups is 1. The molecule has 0 radical (unpaired) electrons. The Balaban J connectivity index is -0.000000407. The SMILES string of the molecule is CC(=O)[O-].CCOP(=O)([O-])OCC.CCn1cc[n+](C)c1.CCn1cc[n+](C)c1.CCn1cc[n+](C)c1.[Cl-]. The van der Waals surface area contributed by atoms with Gasteiger partial charge in [0.15, 0.2) is 0 Å². The number of hydrogen-bond donors (Lipinski definition) is 0. The fourth-order valence-corrected chi connectivity index (χ4v) is 3.13. The average Bonchev–Trinajstić information content (AvgIpc) is 3.55. The molecule has 3 aromatic heterocycles. The maximum atomic E-state index is 10.4. The van der Waals surface area contributed by atoms with E-state index in [0.717, 1.165) is 26.6 Å². The van der Waals surface area contributed by atoms with Gasteiger partial charge in [0, 0.05) is 5.97 Å². The number of phosphoric acid groups is 1. The highest BCUT2D eigenvalue weighted by atomic mass is 35.5. The zero-order valence-corrected chi connectivity index (χ0v) is 25.8. The van der Waals surface area contributed by atoms with Crippen LogP contribution in [-0.4, -0.2) is 32.9 Å². The molecule has 220 valence electrons. The number of aliphatic carboxylic acids is 1. The molecule has 0 saturated carbocycles. The molecule has 0 aromatic carbocycles. The average molecular weight is 581 g/mol. The third kappa shape index (κ3) is 23.9. The molecule has 0 unspecified atom stereocenters. The van der Waals surface area contributed by atoms with E-state index in [2.05, 4.69) is 81.1 Å². The van der Waals surface area contributed by atoms with Crippen LogP contribution in [0.4, 0.5) is 0 Å². The molecule has 3 aromatic rings. The second-order valence-corrected chi connectivity index (χ2v) is 8.91. The largest absolute Gasteiger partial charge is 1.00 e. The van der Waals surface area contributed by atoms with Crippen LogP contribution < -0.4 is 36.1 Å². The van der Waals surface area contributed by atoms with Gasteiger partial charge < -0.3 is 36.2 Å².